The second-order valence-corrected chi connectivity index (χ2v) is 9.97. The number of carbonyl (C=O) groups is 5. The van der Waals surface area contributed by atoms with Crippen LogP contribution in [0.5, 0.6) is 0 Å². The lowest BCUT2D eigenvalue weighted by molar-refractivity contribution is -0.137. The minimum absolute atomic E-state index is 0.0298. The molecule has 3 N–H and O–H groups in total. The summed E-state index contributed by atoms with van der Waals surface area (Å²) in [6.07, 6.45) is 5.33. The third-order valence-corrected chi connectivity index (χ3v) is 7.84. The highest BCUT2D eigenvalue weighted by Gasteiger charge is 2.49. The Hall–Kier alpha value is -4.09. The number of rotatable bonds is 5. The zero-order valence-corrected chi connectivity index (χ0v) is 19.5. The van der Waals surface area contributed by atoms with E-state index in [1.54, 1.807) is 18.2 Å². The molecule has 3 fully saturated rings. The Kier molecular flexibility index (Phi) is 5.13. The molecule has 3 atom stereocenters. The number of hydrogen-bond acceptors (Lipinski definition) is 7. The largest absolute Gasteiger partial charge is 0.349 e. The van der Waals surface area contributed by atoms with Gasteiger partial charge in [0, 0.05) is 31.5 Å². The maximum absolute atomic E-state index is 13.1. The topological polar surface area (TPSA) is 155 Å². The van der Waals surface area contributed by atoms with Crippen LogP contribution in [0.1, 0.15) is 64.9 Å². The van der Waals surface area contributed by atoms with Crippen molar-refractivity contribution in [1.29, 1.82) is 0 Å². The van der Waals surface area contributed by atoms with Gasteiger partial charge in [0.25, 0.3) is 11.8 Å². The number of nitrogens with zero attached hydrogens (tertiary/aromatic N) is 4. The average Bonchev–Trinajstić information content (AvgIpc) is 3.61. The number of carbonyl (C=O) groups excluding carboxylic acids is 5. The molecule has 0 bridgehead atoms. The van der Waals surface area contributed by atoms with E-state index in [1.807, 2.05) is 0 Å². The van der Waals surface area contributed by atoms with Crippen LogP contribution in [0.3, 0.4) is 0 Å². The maximum Gasteiger partial charge on any atom is 0.273 e. The van der Waals surface area contributed by atoms with E-state index in [0.29, 0.717) is 30.6 Å². The molecule has 3 unspecified atom stereocenters. The van der Waals surface area contributed by atoms with Crippen LogP contribution in [0.25, 0.3) is 5.69 Å². The first-order valence-corrected chi connectivity index (χ1v) is 12.1. The number of amides is 5. The number of benzene rings is 1. The summed E-state index contributed by atoms with van der Waals surface area (Å²) in [5.74, 6) is -1.19. The summed E-state index contributed by atoms with van der Waals surface area (Å²) in [7, 11) is 0. The molecule has 6 rings (SSSR count). The van der Waals surface area contributed by atoms with Gasteiger partial charge >= 0.3 is 0 Å². The summed E-state index contributed by atoms with van der Waals surface area (Å²) in [6, 6.07) is 4.54. The predicted molar refractivity (Wildman–Crippen MR) is 123 cm³/mol. The van der Waals surface area contributed by atoms with Gasteiger partial charge in [-0.15, -0.1) is 5.10 Å². The molecule has 3 aliphatic heterocycles. The summed E-state index contributed by atoms with van der Waals surface area (Å²) in [4.78, 5) is 62.9. The molecule has 2 aromatic rings. The van der Waals surface area contributed by atoms with E-state index in [9.17, 15) is 24.0 Å². The van der Waals surface area contributed by atoms with Gasteiger partial charge in [-0.1, -0.05) is 17.7 Å². The van der Waals surface area contributed by atoms with Gasteiger partial charge < -0.3 is 15.5 Å². The van der Waals surface area contributed by atoms with E-state index in [2.05, 4.69) is 26.3 Å². The molecule has 12 nitrogen and oxygen atoms in total. The zero-order chi connectivity index (χ0) is 25.0. The highest BCUT2D eigenvalue weighted by Crippen LogP contribution is 2.41. The minimum Gasteiger partial charge on any atom is -0.349 e. The second-order valence-electron chi connectivity index (χ2n) is 9.97. The molecular formula is C24H25N7O5. The quantitative estimate of drug-likeness (QED) is 0.490. The Morgan fingerprint density at radius 1 is 1.17 bits per heavy atom. The Bertz CT molecular complexity index is 1320. The van der Waals surface area contributed by atoms with Gasteiger partial charge in [0.2, 0.25) is 17.7 Å². The number of nitrogens with one attached hydrogen (secondary N) is 3. The summed E-state index contributed by atoms with van der Waals surface area (Å²) < 4.78 is 1.42. The van der Waals surface area contributed by atoms with Gasteiger partial charge in [-0.25, -0.2) is 4.68 Å². The number of imide groups is 1. The van der Waals surface area contributed by atoms with E-state index in [4.69, 9.17) is 0 Å². The summed E-state index contributed by atoms with van der Waals surface area (Å²) in [6.45, 7) is 0.629. The molecule has 1 aromatic carbocycles. The molecule has 12 heteroatoms. The van der Waals surface area contributed by atoms with Crippen LogP contribution in [0.2, 0.25) is 0 Å². The molecule has 1 aliphatic carbocycles. The lowest BCUT2D eigenvalue weighted by Crippen LogP contribution is -2.52. The van der Waals surface area contributed by atoms with Crippen molar-refractivity contribution in [2.45, 2.75) is 56.7 Å². The van der Waals surface area contributed by atoms with E-state index < -0.39 is 11.9 Å². The Morgan fingerprint density at radius 2 is 2.03 bits per heavy atom. The molecule has 1 saturated carbocycles. The highest BCUT2D eigenvalue weighted by molar-refractivity contribution is 6.05. The fourth-order valence-electron chi connectivity index (χ4n) is 5.94. The molecule has 0 spiro atoms. The maximum atomic E-state index is 13.1. The average molecular weight is 492 g/mol. The van der Waals surface area contributed by atoms with Crippen LogP contribution in [0.15, 0.2) is 24.4 Å². The number of aromatic nitrogens is 3. The molecule has 4 heterocycles. The highest BCUT2D eigenvalue weighted by atomic mass is 16.2. The minimum atomic E-state index is -0.684. The normalized spacial score (nSPS) is 27.1. The second kappa shape index (κ2) is 8.25. The SMILES string of the molecule is O=C1CCC(N2Cc3ccc(-n4cc(C(=O)NCC56CCCC5CC(=O)N6)nn4)cc3C2=O)C(=O)N1. The first-order chi connectivity index (χ1) is 17.3. The van der Waals surface area contributed by atoms with Gasteiger partial charge in [0.15, 0.2) is 5.69 Å². The first kappa shape index (κ1) is 22.4. The van der Waals surface area contributed by atoms with Crippen LogP contribution < -0.4 is 16.0 Å². The molecule has 4 aliphatic rings. The number of piperidine rings is 1. The molecule has 186 valence electrons. The van der Waals surface area contributed by atoms with Crippen LogP contribution in [0.4, 0.5) is 0 Å². The van der Waals surface area contributed by atoms with Gasteiger partial charge in [0.1, 0.15) is 6.04 Å². The van der Waals surface area contributed by atoms with Crippen molar-refractivity contribution in [3.05, 3.63) is 41.2 Å². The Balaban J connectivity index is 1.15. The van der Waals surface area contributed by atoms with Gasteiger partial charge in [-0.05, 0) is 42.9 Å². The van der Waals surface area contributed by atoms with Gasteiger partial charge in [-0.3, -0.25) is 29.3 Å². The molecular weight excluding hydrogens is 466 g/mol. The third-order valence-electron chi connectivity index (χ3n) is 7.84. The third kappa shape index (κ3) is 3.64. The summed E-state index contributed by atoms with van der Waals surface area (Å²) in [5, 5.41) is 16.3. The van der Waals surface area contributed by atoms with E-state index in [-0.39, 0.29) is 53.7 Å². The van der Waals surface area contributed by atoms with Gasteiger partial charge in [-0.2, -0.15) is 0 Å². The van der Waals surface area contributed by atoms with Crippen LogP contribution in [-0.2, 0) is 20.9 Å². The smallest absolute Gasteiger partial charge is 0.273 e. The monoisotopic (exact) mass is 491 g/mol. The molecule has 36 heavy (non-hydrogen) atoms. The predicted octanol–water partition coefficient (Wildman–Crippen LogP) is -0.183. The number of hydrogen-bond donors (Lipinski definition) is 3. The summed E-state index contributed by atoms with van der Waals surface area (Å²) in [5.41, 5.74) is 1.52. The van der Waals surface area contributed by atoms with Crippen LogP contribution >= 0.6 is 0 Å². The van der Waals surface area contributed by atoms with Crippen molar-refractivity contribution < 1.29 is 24.0 Å². The van der Waals surface area contributed by atoms with E-state index >= 15 is 0 Å². The standard InChI is InChI=1S/C24H25N7O5/c32-19-6-5-18(22(35)26-19)30-10-13-3-4-15(9-16(13)23(30)36)31-11-17(28-29-31)21(34)25-12-24-7-1-2-14(24)8-20(33)27-24/h3-4,9,11,14,18H,1-2,5-8,10,12H2,(H,25,34)(H,27,33)(H,26,32,35). The molecule has 1 aromatic heterocycles. The Morgan fingerprint density at radius 3 is 2.86 bits per heavy atom. The first-order valence-electron chi connectivity index (χ1n) is 12.1. The molecule has 0 radical (unpaired) electrons. The lowest BCUT2D eigenvalue weighted by atomic mass is 9.89. The van der Waals surface area contributed by atoms with Crippen molar-refractivity contribution in [2.75, 3.05) is 6.54 Å². The van der Waals surface area contributed by atoms with Crippen LogP contribution in [0, 0.1) is 5.92 Å². The van der Waals surface area contributed by atoms with Crippen molar-refractivity contribution in [1.82, 2.24) is 35.8 Å². The van der Waals surface area contributed by atoms with Crippen molar-refractivity contribution >= 4 is 29.5 Å². The van der Waals surface area contributed by atoms with Crippen molar-refractivity contribution in [3.8, 4) is 5.69 Å². The van der Waals surface area contributed by atoms with Gasteiger partial charge in [0.05, 0.1) is 17.4 Å². The van der Waals surface area contributed by atoms with Crippen LogP contribution in [-0.4, -0.2) is 67.6 Å². The van der Waals surface area contributed by atoms with Crippen molar-refractivity contribution in [2.24, 2.45) is 5.92 Å². The molecule has 5 amide bonds. The van der Waals surface area contributed by atoms with E-state index in [0.717, 1.165) is 24.8 Å². The molecule has 2 saturated heterocycles. The number of fused-ring (bicyclic) bond motifs is 2. The Labute approximate surface area is 205 Å². The summed E-state index contributed by atoms with van der Waals surface area (Å²) >= 11 is 0. The fourth-order valence-corrected chi connectivity index (χ4v) is 5.94. The van der Waals surface area contributed by atoms with Crippen molar-refractivity contribution in [3.63, 3.8) is 0 Å². The van der Waals surface area contributed by atoms with E-state index in [1.165, 1.54) is 15.8 Å². The fraction of sp³-hybridized carbons (Fsp3) is 0.458. The lowest BCUT2D eigenvalue weighted by Gasteiger charge is -2.29. The zero-order valence-electron chi connectivity index (χ0n) is 19.5.